The molecule has 2 rings (SSSR count). The molecule has 1 saturated heterocycles. The molecule has 6 heteroatoms. The van der Waals surface area contributed by atoms with Crippen LogP contribution in [0.1, 0.15) is 5.56 Å². The number of morpholine rings is 1. The number of allylic oxidation sites excluding steroid dienone is 3. The lowest BCUT2D eigenvalue weighted by Crippen LogP contribution is -2.42. The number of ether oxygens (including phenoxy) is 1. The van der Waals surface area contributed by atoms with Crippen LogP contribution in [0.4, 0.5) is 0 Å². The van der Waals surface area contributed by atoms with Crippen molar-refractivity contribution in [1.82, 2.24) is 4.90 Å². The number of ketones is 1. The van der Waals surface area contributed by atoms with Gasteiger partial charge >= 0.3 is 0 Å². The fourth-order valence-corrected chi connectivity index (χ4v) is 3.91. The van der Waals surface area contributed by atoms with Crippen LogP contribution in [-0.2, 0) is 14.3 Å². The van der Waals surface area contributed by atoms with E-state index in [1.807, 2.05) is 55.0 Å². The van der Waals surface area contributed by atoms with E-state index < -0.39 is 0 Å². The second-order valence-electron chi connectivity index (χ2n) is 5.47. The summed E-state index contributed by atoms with van der Waals surface area (Å²) in [7, 11) is 0. The normalized spacial score (nSPS) is 14.8. The molecule has 26 heavy (non-hydrogen) atoms. The Kier molecular flexibility index (Phi) is 8.74. The molecule has 0 N–H and O–H groups in total. The summed E-state index contributed by atoms with van der Waals surface area (Å²) in [4.78, 5) is 27.3. The molecular formula is C20H23NO3S2. The maximum absolute atomic E-state index is 12.9. The Balaban J connectivity index is 2.15. The van der Waals surface area contributed by atoms with Gasteiger partial charge in [-0.1, -0.05) is 48.6 Å². The Morgan fingerprint density at radius 3 is 2.31 bits per heavy atom. The van der Waals surface area contributed by atoms with Crippen LogP contribution < -0.4 is 0 Å². The highest BCUT2D eigenvalue weighted by molar-refractivity contribution is 8.21. The highest BCUT2D eigenvalue weighted by Gasteiger charge is 2.27. The van der Waals surface area contributed by atoms with Gasteiger partial charge in [0.2, 0.25) is 0 Å². The smallest absolute Gasteiger partial charge is 0.259 e. The summed E-state index contributed by atoms with van der Waals surface area (Å²) in [5, 5.41) is 0. The lowest BCUT2D eigenvalue weighted by atomic mass is 10.1. The molecule has 0 bridgehead atoms. The summed E-state index contributed by atoms with van der Waals surface area (Å²) < 4.78 is 6.04. The zero-order valence-electron chi connectivity index (χ0n) is 15.0. The molecule has 0 spiro atoms. The average Bonchev–Trinajstić information content (AvgIpc) is 2.70. The van der Waals surface area contributed by atoms with Crippen molar-refractivity contribution in [3.8, 4) is 0 Å². The van der Waals surface area contributed by atoms with E-state index in [1.165, 1.54) is 29.6 Å². The van der Waals surface area contributed by atoms with Gasteiger partial charge in [0.25, 0.3) is 5.91 Å². The Hall–Kier alpha value is -1.76. The maximum Gasteiger partial charge on any atom is 0.259 e. The zero-order chi connectivity index (χ0) is 18.8. The average molecular weight is 390 g/mol. The van der Waals surface area contributed by atoms with E-state index in [1.54, 1.807) is 11.0 Å². The number of hydrogen-bond donors (Lipinski definition) is 0. The predicted octanol–water partition coefficient (Wildman–Crippen LogP) is 3.62. The van der Waals surface area contributed by atoms with Crippen molar-refractivity contribution < 1.29 is 14.3 Å². The van der Waals surface area contributed by atoms with Gasteiger partial charge in [0, 0.05) is 13.1 Å². The first kappa shape index (κ1) is 20.6. The minimum absolute atomic E-state index is 0.214. The van der Waals surface area contributed by atoms with Crippen LogP contribution in [0.5, 0.6) is 0 Å². The summed E-state index contributed by atoms with van der Waals surface area (Å²) in [6.07, 6.45) is 10.6. The molecule has 1 amide bonds. The van der Waals surface area contributed by atoms with Crippen molar-refractivity contribution in [2.24, 2.45) is 0 Å². The van der Waals surface area contributed by atoms with E-state index in [2.05, 4.69) is 0 Å². The summed E-state index contributed by atoms with van der Waals surface area (Å²) in [6, 6.07) is 9.84. The van der Waals surface area contributed by atoms with Gasteiger partial charge < -0.3 is 9.64 Å². The van der Waals surface area contributed by atoms with Crippen LogP contribution in [0.2, 0.25) is 0 Å². The SMILES string of the molecule is CSC(SC)=C(C(=O)/C=C/C=C/c1ccccc1)C(=O)N1CCOCC1. The Morgan fingerprint density at radius 1 is 1.04 bits per heavy atom. The van der Waals surface area contributed by atoms with Crippen LogP contribution in [0, 0.1) is 0 Å². The minimum Gasteiger partial charge on any atom is -0.378 e. The first-order chi connectivity index (χ1) is 12.7. The molecule has 0 unspecified atom stereocenters. The van der Waals surface area contributed by atoms with E-state index >= 15 is 0 Å². The molecule has 1 aromatic carbocycles. The topological polar surface area (TPSA) is 46.6 Å². The van der Waals surface area contributed by atoms with Crippen LogP contribution in [0.25, 0.3) is 6.08 Å². The second-order valence-corrected chi connectivity index (χ2v) is 7.36. The van der Waals surface area contributed by atoms with Gasteiger partial charge in [-0.25, -0.2) is 0 Å². The van der Waals surface area contributed by atoms with Crippen molar-refractivity contribution in [2.75, 3.05) is 38.8 Å². The lowest BCUT2D eigenvalue weighted by Gasteiger charge is -2.27. The van der Waals surface area contributed by atoms with Gasteiger partial charge in [0.1, 0.15) is 5.57 Å². The monoisotopic (exact) mass is 389 g/mol. The predicted molar refractivity (Wildman–Crippen MR) is 111 cm³/mol. The highest BCUT2D eigenvalue weighted by Crippen LogP contribution is 2.29. The third kappa shape index (κ3) is 5.90. The largest absolute Gasteiger partial charge is 0.378 e. The van der Waals surface area contributed by atoms with E-state index in [-0.39, 0.29) is 17.3 Å². The fourth-order valence-electron chi connectivity index (χ4n) is 2.46. The number of hydrogen-bond acceptors (Lipinski definition) is 5. The number of benzene rings is 1. The summed E-state index contributed by atoms with van der Waals surface area (Å²) in [5.41, 5.74) is 1.30. The van der Waals surface area contributed by atoms with Gasteiger partial charge in [-0.15, -0.1) is 23.5 Å². The molecule has 0 saturated carbocycles. The molecule has 138 valence electrons. The van der Waals surface area contributed by atoms with Gasteiger partial charge in [0.15, 0.2) is 5.78 Å². The molecule has 4 nitrogen and oxygen atoms in total. The first-order valence-electron chi connectivity index (χ1n) is 8.30. The van der Waals surface area contributed by atoms with Gasteiger partial charge in [-0.2, -0.15) is 0 Å². The molecule has 1 fully saturated rings. The Bertz CT molecular complexity index is 699. The number of thioether (sulfide) groups is 2. The quantitative estimate of drug-likeness (QED) is 0.308. The minimum atomic E-state index is -0.266. The number of carbonyl (C=O) groups is 2. The summed E-state index contributed by atoms with van der Waals surface area (Å²) >= 11 is 2.85. The van der Waals surface area contributed by atoms with E-state index in [9.17, 15) is 9.59 Å². The number of rotatable bonds is 7. The van der Waals surface area contributed by atoms with Gasteiger partial charge in [0.05, 0.1) is 17.5 Å². The molecule has 1 aliphatic heterocycles. The molecule has 0 atom stereocenters. The van der Waals surface area contributed by atoms with Crippen LogP contribution >= 0.6 is 23.5 Å². The van der Waals surface area contributed by atoms with E-state index in [4.69, 9.17) is 4.74 Å². The third-order valence-corrected chi connectivity index (χ3v) is 5.93. The van der Waals surface area contributed by atoms with Crippen LogP contribution in [-0.4, -0.2) is 55.4 Å². The van der Waals surface area contributed by atoms with Gasteiger partial charge in [-0.05, 0) is 24.2 Å². The zero-order valence-corrected chi connectivity index (χ0v) is 16.6. The van der Waals surface area contributed by atoms with Crippen molar-refractivity contribution in [1.29, 1.82) is 0 Å². The van der Waals surface area contributed by atoms with Crippen molar-refractivity contribution >= 4 is 41.3 Å². The number of nitrogens with zero attached hydrogens (tertiary/aromatic N) is 1. The second kappa shape index (κ2) is 11.1. The van der Waals surface area contributed by atoms with Crippen molar-refractivity contribution in [3.05, 3.63) is 63.9 Å². The summed E-state index contributed by atoms with van der Waals surface area (Å²) in [5.74, 6) is -0.480. The Morgan fingerprint density at radius 2 is 1.69 bits per heavy atom. The molecule has 1 aromatic rings. The summed E-state index contributed by atoms with van der Waals surface area (Å²) in [6.45, 7) is 2.06. The molecular weight excluding hydrogens is 366 g/mol. The standard InChI is InChI=1S/C20H23NO3S2/c1-25-20(26-2)18(19(23)21-12-14-24-15-13-21)17(22)11-7-6-10-16-8-4-3-5-9-16/h3-11H,12-15H2,1-2H3/b10-6+,11-7+. The number of amides is 1. The molecule has 0 aromatic heterocycles. The molecule has 1 aliphatic rings. The lowest BCUT2D eigenvalue weighted by molar-refractivity contribution is -0.132. The fraction of sp³-hybridized carbons (Fsp3) is 0.300. The van der Waals surface area contributed by atoms with E-state index in [0.29, 0.717) is 26.3 Å². The van der Waals surface area contributed by atoms with Crippen molar-refractivity contribution in [3.63, 3.8) is 0 Å². The maximum atomic E-state index is 12.9. The molecule has 0 aliphatic carbocycles. The number of carbonyl (C=O) groups excluding carboxylic acids is 2. The van der Waals surface area contributed by atoms with Crippen molar-refractivity contribution in [2.45, 2.75) is 0 Å². The van der Waals surface area contributed by atoms with Crippen LogP contribution in [0.15, 0.2) is 58.4 Å². The molecule has 0 radical (unpaired) electrons. The third-order valence-electron chi connectivity index (χ3n) is 3.78. The Labute approximate surface area is 163 Å². The first-order valence-corrected chi connectivity index (χ1v) is 10.8. The van der Waals surface area contributed by atoms with E-state index in [0.717, 1.165) is 9.80 Å². The highest BCUT2D eigenvalue weighted by atomic mass is 32.2. The van der Waals surface area contributed by atoms with Gasteiger partial charge in [-0.3, -0.25) is 9.59 Å². The molecule has 1 heterocycles. The van der Waals surface area contributed by atoms with Crippen LogP contribution in [0.3, 0.4) is 0 Å².